The molecule has 2 heteroatoms. The normalized spacial score (nSPS) is 11.3. The largest absolute Gasteiger partial charge is 0.299 e. The molecule has 0 unspecified atom stereocenters. The summed E-state index contributed by atoms with van der Waals surface area (Å²) in [6, 6.07) is 0. The summed E-state index contributed by atoms with van der Waals surface area (Å²) in [5, 5.41) is 1.85. The van der Waals surface area contributed by atoms with E-state index < -0.39 is 0 Å². The average molecular weight is 131 g/mol. The van der Waals surface area contributed by atoms with E-state index in [0.29, 0.717) is 5.92 Å². The van der Waals surface area contributed by atoms with E-state index in [-0.39, 0.29) is 0 Å². The number of hydroxylamine groups is 2. The number of hydrogen-bond donors (Lipinski definition) is 0. The summed E-state index contributed by atoms with van der Waals surface area (Å²) < 4.78 is 0. The zero-order valence-corrected chi connectivity index (χ0v) is 6.85. The number of hydrogen-bond acceptors (Lipinski definition) is 2. The lowest BCUT2D eigenvalue weighted by Crippen LogP contribution is -2.20. The molecule has 0 saturated heterocycles. The Bertz CT molecular complexity index is 63.9. The first-order valence-electron chi connectivity index (χ1n) is 3.50. The van der Waals surface area contributed by atoms with Gasteiger partial charge in [0.25, 0.3) is 0 Å². The van der Waals surface area contributed by atoms with Crippen LogP contribution >= 0.6 is 0 Å². The van der Waals surface area contributed by atoms with Crippen LogP contribution in [-0.4, -0.2) is 25.3 Å². The SMILES string of the molecule is CCN(C)OCC(C)C. The van der Waals surface area contributed by atoms with E-state index >= 15 is 0 Å². The van der Waals surface area contributed by atoms with Crippen molar-refractivity contribution in [3.63, 3.8) is 0 Å². The third-order valence-corrected chi connectivity index (χ3v) is 1.07. The van der Waals surface area contributed by atoms with Gasteiger partial charge in [-0.2, -0.15) is 5.06 Å². The molecule has 0 aromatic heterocycles. The van der Waals surface area contributed by atoms with Crippen molar-refractivity contribution in [2.75, 3.05) is 20.2 Å². The zero-order valence-electron chi connectivity index (χ0n) is 6.85. The highest BCUT2D eigenvalue weighted by molar-refractivity contribution is 4.37. The van der Waals surface area contributed by atoms with Gasteiger partial charge in [-0.3, -0.25) is 4.84 Å². The Balaban J connectivity index is 3.06. The Labute approximate surface area is 57.8 Å². The molecule has 2 nitrogen and oxygen atoms in total. The molecular formula is C7H17NO. The van der Waals surface area contributed by atoms with E-state index in [1.54, 1.807) is 0 Å². The molecule has 0 aliphatic heterocycles. The van der Waals surface area contributed by atoms with Crippen LogP contribution in [0.3, 0.4) is 0 Å². The van der Waals surface area contributed by atoms with Crippen molar-refractivity contribution in [1.82, 2.24) is 5.06 Å². The van der Waals surface area contributed by atoms with Gasteiger partial charge in [-0.25, -0.2) is 0 Å². The van der Waals surface area contributed by atoms with Crippen LogP contribution in [0.2, 0.25) is 0 Å². The van der Waals surface area contributed by atoms with E-state index in [0.717, 1.165) is 13.2 Å². The van der Waals surface area contributed by atoms with Gasteiger partial charge in [0.15, 0.2) is 0 Å². The summed E-state index contributed by atoms with van der Waals surface area (Å²) in [7, 11) is 1.95. The van der Waals surface area contributed by atoms with Crippen molar-refractivity contribution in [2.24, 2.45) is 5.92 Å². The minimum atomic E-state index is 0.624. The van der Waals surface area contributed by atoms with Gasteiger partial charge in [-0.15, -0.1) is 0 Å². The van der Waals surface area contributed by atoms with Crippen LogP contribution in [0, 0.1) is 5.92 Å². The highest BCUT2D eigenvalue weighted by Gasteiger charge is 1.95. The van der Waals surface area contributed by atoms with Crippen molar-refractivity contribution in [3.05, 3.63) is 0 Å². The van der Waals surface area contributed by atoms with Crippen molar-refractivity contribution < 1.29 is 4.84 Å². The lowest BCUT2D eigenvalue weighted by Gasteiger charge is -2.15. The standard InChI is InChI=1S/C7H17NO/c1-5-8(4)9-6-7(2)3/h7H,5-6H2,1-4H3. The van der Waals surface area contributed by atoms with Crippen molar-refractivity contribution in [2.45, 2.75) is 20.8 Å². The van der Waals surface area contributed by atoms with Crippen molar-refractivity contribution in [3.8, 4) is 0 Å². The number of rotatable bonds is 4. The van der Waals surface area contributed by atoms with Crippen LogP contribution in [0.5, 0.6) is 0 Å². The third-order valence-electron chi connectivity index (χ3n) is 1.07. The highest BCUT2D eigenvalue weighted by Crippen LogP contribution is 1.93. The monoisotopic (exact) mass is 131 g/mol. The van der Waals surface area contributed by atoms with Crippen LogP contribution in [0.15, 0.2) is 0 Å². The molecule has 0 radical (unpaired) electrons. The molecule has 56 valence electrons. The minimum Gasteiger partial charge on any atom is -0.299 e. The topological polar surface area (TPSA) is 12.5 Å². The smallest absolute Gasteiger partial charge is 0.0707 e. The molecule has 0 aliphatic rings. The molecule has 0 aromatic rings. The van der Waals surface area contributed by atoms with Crippen LogP contribution in [-0.2, 0) is 4.84 Å². The Kier molecular flexibility index (Phi) is 4.72. The van der Waals surface area contributed by atoms with Gasteiger partial charge in [-0.05, 0) is 5.92 Å². The molecule has 0 spiro atoms. The lowest BCUT2D eigenvalue weighted by atomic mass is 10.2. The predicted octanol–water partition coefficient (Wildman–Crippen LogP) is 1.53. The van der Waals surface area contributed by atoms with Crippen molar-refractivity contribution in [1.29, 1.82) is 0 Å². The summed E-state index contributed by atoms with van der Waals surface area (Å²) in [4.78, 5) is 5.29. The summed E-state index contributed by atoms with van der Waals surface area (Å²) in [5.41, 5.74) is 0. The number of nitrogens with zero attached hydrogens (tertiary/aromatic N) is 1. The van der Waals surface area contributed by atoms with Crippen LogP contribution in [0.25, 0.3) is 0 Å². The highest BCUT2D eigenvalue weighted by atomic mass is 16.7. The molecule has 0 atom stereocenters. The van der Waals surface area contributed by atoms with Gasteiger partial charge >= 0.3 is 0 Å². The van der Waals surface area contributed by atoms with Crippen LogP contribution in [0.4, 0.5) is 0 Å². The second kappa shape index (κ2) is 4.77. The van der Waals surface area contributed by atoms with Gasteiger partial charge in [0.05, 0.1) is 6.61 Å². The van der Waals surface area contributed by atoms with Crippen molar-refractivity contribution >= 4 is 0 Å². The minimum absolute atomic E-state index is 0.624. The maximum absolute atomic E-state index is 5.29. The molecule has 0 N–H and O–H groups in total. The molecule has 0 fully saturated rings. The van der Waals surface area contributed by atoms with Gasteiger partial charge < -0.3 is 0 Å². The first kappa shape index (κ1) is 8.92. The molecule has 0 bridgehead atoms. The third kappa shape index (κ3) is 5.80. The summed E-state index contributed by atoms with van der Waals surface area (Å²) >= 11 is 0. The quantitative estimate of drug-likeness (QED) is 0.536. The fraction of sp³-hybridized carbons (Fsp3) is 1.00. The molecule has 9 heavy (non-hydrogen) atoms. The average Bonchev–Trinajstić information content (AvgIpc) is 1.83. The zero-order chi connectivity index (χ0) is 7.28. The Morgan fingerprint density at radius 3 is 2.33 bits per heavy atom. The fourth-order valence-electron chi connectivity index (χ4n) is 0.368. The van der Waals surface area contributed by atoms with E-state index in [4.69, 9.17) is 4.84 Å². The van der Waals surface area contributed by atoms with Gasteiger partial charge in [0.2, 0.25) is 0 Å². The molecule has 0 aromatic carbocycles. The van der Waals surface area contributed by atoms with Gasteiger partial charge in [-0.1, -0.05) is 20.8 Å². The first-order valence-corrected chi connectivity index (χ1v) is 3.50. The Morgan fingerprint density at radius 1 is 1.44 bits per heavy atom. The van der Waals surface area contributed by atoms with E-state index in [2.05, 4.69) is 20.8 Å². The summed E-state index contributed by atoms with van der Waals surface area (Å²) in [6.07, 6.45) is 0. The van der Waals surface area contributed by atoms with E-state index in [1.807, 2.05) is 12.1 Å². The molecular weight excluding hydrogens is 114 g/mol. The van der Waals surface area contributed by atoms with E-state index in [1.165, 1.54) is 0 Å². The molecule has 0 aliphatic carbocycles. The predicted molar refractivity (Wildman–Crippen MR) is 39.1 cm³/mol. The Morgan fingerprint density at radius 2 is 2.00 bits per heavy atom. The molecule has 0 amide bonds. The van der Waals surface area contributed by atoms with Crippen LogP contribution in [0.1, 0.15) is 20.8 Å². The molecule has 0 rings (SSSR count). The molecule has 0 saturated carbocycles. The first-order chi connectivity index (χ1) is 4.16. The molecule has 0 heterocycles. The summed E-state index contributed by atoms with van der Waals surface area (Å²) in [6.45, 7) is 8.13. The fourth-order valence-corrected chi connectivity index (χ4v) is 0.368. The second-order valence-corrected chi connectivity index (χ2v) is 2.63. The second-order valence-electron chi connectivity index (χ2n) is 2.63. The summed E-state index contributed by atoms with van der Waals surface area (Å²) in [5.74, 6) is 0.624. The Hall–Kier alpha value is -0.0800. The maximum Gasteiger partial charge on any atom is 0.0707 e. The van der Waals surface area contributed by atoms with E-state index in [9.17, 15) is 0 Å². The van der Waals surface area contributed by atoms with Gasteiger partial charge in [0.1, 0.15) is 0 Å². The maximum atomic E-state index is 5.29. The van der Waals surface area contributed by atoms with Gasteiger partial charge in [0, 0.05) is 13.6 Å². The lowest BCUT2D eigenvalue weighted by molar-refractivity contribution is -0.144. The van der Waals surface area contributed by atoms with Crippen LogP contribution < -0.4 is 0 Å².